The molecule has 0 spiro atoms. The molecule has 0 aliphatic carbocycles. The molecule has 23 heavy (non-hydrogen) atoms. The van der Waals surface area contributed by atoms with Gasteiger partial charge in [-0.3, -0.25) is 4.79 Å². The van der Waals surface area contributed by atoms with Crippen LogP contribution >= 0.6 is 46.8 Å². The fourth-order valence-electron chi connectivity index (χ4n) is 1.64. The molecule has 2 aromatic rings. The van der Waals surface area contributed by atoms with Crippen LogP contribution < -0.4 is 10.6 Å². The van der Waals surface area contributed by atoms with Crippen molar-refractivity contribution < 1.29 is 9.53 Å². The van der Waals surface area contributed by atoms with Crippen molar-refractivity contribution in [3.63, 3.8) is 0 Å². The number of thiazole rings is 1. The van der Waals surface area contributed by atoms with Gasteiger partial charge in [0.2, 0.25) is 0 Å². The van der Waals surface area contributed by atoms with Crippen LogP contribution in [0.3, 0.4) is 0 Å². The maximum atomic E-state index is 11.4. The molecular formula is C14H13Cl2N3O2S2. The number of ether oxygens (including phenoxy) is 1. The molecule has 0 unspecified atom stereocenters. The molecule has 0 amide bonds. The van der Waals surface area contributed by atoms with Crippen molar-refractivity contribution in [2.24, 2.45) is 0 Å². The van der Waals surface area contributed by atoms with Gasteiger partial charge in [0.15, 0.2) is 10.2 Å². The number of hydrogen-bond donors (Lipinski definition) is 2. The first-order valence-electron chi connectivity index (χ1n) is 6.61. The van der Waals surface area contributed by atoms with Gasteiger partial charge in [0.25, 0.3) is 0 Å². The minimum absolute atomic E-state index is 0.138. The largest absolute Gasteiger partial charge is 0.466 e. The van der Waals surface area contributed by atoms with E-state index in [-0.39, 0.29) is 12.4 Å². The quantitative estimate of drug-likeness (QED) is 0.584. The van der Waals surface area contributed by atoms with Gasteiger partial charge in [-0.2, -0.15) is 0 Å². The maximum Gasteiger partial charge on any atom is 0.311 e. The molecule has 9 heteroatoms. The molecule has 1 aromatic heterocycles. The van der Waals surface area contributed by atoms with Crippen molar-refractivity contribution >= 4 is 68.7 Å². The summed E-state index contributed by atoms with van der Waals surface area (Å²) in [6.07, 6.45) is 0.138. The lowest BCUT2D eigenvalue weighted by atomic mass is 10.3. The zero-order valence-electron chi connectivity index (χ0n) is 12.1. The Bertz CT molecular complexity index is 722. The van der Waals surface area contributed by atoms with E-state index in [2.05, 4.69) is 15.6 Å². The molecule has 0 bridgehead atoms. The average molecular weight is 390 g/mol. The van der Waals surface area contributed by atoms with Gasteiger partial charge in [-0.05, 0) is 37.3 Å². The number of hydrogen-bond acceptors (Lipinski definition) is 5. The minimum Gasteiger partial charge on any atom is -0.466 e. The number of halogens is 2. The van der Waals surface area contributed by atoms with E-state index in [1.807, 2.05) is 0 Å². The van der Waals surface area contributed by atoms with Crippen LogP contribution in [0.5, 0.6) is 0 Å². The SMILES string of the molecule is CCOC(=O)Cc1csc(NC(=S)Nc2ccc(Cl)c(Cl)c2)n1. The average Bonchev–Trinajstić information content (AvgIpc) is 2.90. The molecule has 0 atom stereocenters. The number of anilines is 2. The Hall–Kier alpha value is -1.41. The molecule has 5 nitrogen and oxygen atoms in total. The van der Waals surface area contributed by atoms with Gasteiger partial charge in [0, 0.05) is 11.1 Å². The molecule has 2 rings (SSSR count). The molecule has 0 radical (unpaired) electrons. The van der Waals surface area contributed by atoms with E-state index >= 15 is 0 Å². The Balaban J connectivity index is 1.91. The number of nitrogens with zero attached hydrogens (tertiary/aromatic N) is 1. The molecule has 0 saturated heterocycles. The van der Waals surface area contributed by atoms with Crippen molar-refractivity contribution in [1.82, 2.24) is 4.98 Å². The summed E-state index contributed by atoms with van der Waals surface area (Å²) in [5, 5.41) is 9.56. The van der Waals surface area contributed by atoms with E-state index in [1.165, 1.54) is 11.3 Å². The molecule has 0 saturated carbocycles. The third-order valence-electron chi connectivity index (χ3n) is 2.58. The normalized spacial score (nSPS) is 10.2. The second kappa shape index (κ2) is 8.44. The number of carbonyl (C=O) groups is 1. The predicted octanol–water partition coefficient (Wildman–Crippen LogP) is 4.36. The van der Waals surface area contributed by atoms with E-state index in [1.54, 1.807) is 30.5 Å². The van der Waals surface area contributed by atoms with Crippen molar-refractivity contribution in [2.75, 3.05) is 17.2 Å². The summed E-state index contributed by atoms with van der Waals surface area (Å²) in [5.41, 5.74) is 1.34. The summed E-state index contributed by atoms with van der Waals surface area (Å²) < 4.78 is 4.88. The van der Waals surface area contributed by atoms with Crippen LogP contribution in [0.15, 0.2) is 23.6 Å². The first-order valence-corrected chi connectivity index (χ1v) is 8.65. The summed E-state index contributed by atoms with van der Waals surface area (Å²) in [4.78, 5) is 15.7. The maximum absolute atomic E-state index is 11.4. The van der Waals surface area contributed by atoms with Gasteiger partial charge >= 0.3 is 5.97 Å². The highest BCUT2D eigenvalue weighted by atomic mass is 35.5. The van der Waals surface area contributed by atoms with E-state index in [0.717, 1.165) is 0 Å². The molecule has 1 heterocycles. The highest BCUT2D eigenvalue weighted by Crippen LogP contribution is 2.25. The number of rotatable bonds is 5. The number of thiocarbonyl (C=S) groups is 1. The van der Waals surface area contributed by atoms with Crippen LogP contribution in [0.1, 0.15) is 12.6 Å². The van der Waals surface area contributed by atoms with E-state index in [9.17, 15) is 4.79 Å². The smallest absolute Gasteiger partial charge is 0.311 e. The molecule has 0 aliphatic rings. The number of aromatic nitrogens is 1. The fraction of sp³-hybridized carbons (Fsp3) is 0.214. The molecular weight excluding hydrogens is 377 g/mol. The fourth-order valence-corrected chi connectivity index (χ4v) is 2.93. The Morgan fingerprint density at radius 2 is 2.13 bits per heavy atom. The Morgan fingerprint density at radius 3 is 2.83 bits per heavy atom. The highest BCUT2D eigenvalue weighted by molar-refractivity contribution is 7.80. The van der Waals surface area contributed by atoms with Gasteiger partial charge in [-0.15, -0.1) is 11.3 Å². The number of nitrogens with one attached hydrogen (secondary N) is 2. The predicted molar refractivity (Wildman–Crippen MR) is 98.8 cm³/mol. The highest BCUT2D eigenvalue weighted by Gasteiger charge is 2.09. The second-order valence-electron chi connectivity index (χ2n) is 4.33. The number of carbonyl (C=O) groups excluding carboxylic acids is 1. The second-order valence-corrected chi connectivity index (χ2v) is 6.41. The topological polar surface area (TPSA) is 63.2 Å². The van der Waals surface area contributed by atoms with Crippen LogP contribution in [0.25, 0.3) is 0 Å². The summed E-state index contributed by atoms with van der Waals surface area (Å²) in [6, 6.07) is 5.11. The first-order chi connectivity index (χ1) is 11.0. The van der Waals surface area contributed by atoms with Crippen LogP contribution in [-0.4, -0.2) is 22.7 Å². The van der Waals surface area contributed by atoms with Gasteiger partial charge < -0.3 is 15.4 Å². The Kier molecular flexibility index (Phi) is 6.59. The van der Waals surface area contributed by atoms with Gasteiger partial charge in [-0.25, -0.2) is 4.98 Å². The zero-order valence-corrected chi connectivity index (χ0v) is 15.2. The zero-order chi connectivity index (χ0) is 16.8. The lowest BCUT2D eigenvalue weighted by molar-refractivity contribution is -0.142. The third kappa shape index (κ3) is 5.62. The molecule has 0 fully saturated rings. The molecule has 122 valence electrons. The van der Waals surface area contributed by atoms with Crippen LogP contribution in [0.4, 0.5) is 10.8 Å². The Morgan fingerprint density at radius 1 is 1.35 bits per heavy atom. The standard InChI is InChI=1S/C14H13Cl2N3O2S2/c1-2-21-12(20)6-9-7-23-14(18-9)19-13(22)17-8-3-4-10(15)11(16)5-8/h3-5,7H,2,6H2,1H3,(H2,17,18,19,22). The lowest BCUT2D eigenvalue weighted by Gasteiger charge is -2.09. The summed E-state index contributed by atoms with van der Waals surface area (Å²) in [5.74, 6) is -0.305. The number of benzene rings is 1. The van der Waals surface area contributed by atoms with E-state index in [0.29, 0.717) is 38.3 Å². The summed E-state index contributed by atoms with van der Waals surface area (Å²) in [6.45, 7) is 2.12. The van der Waals surface area contributed by atoms with Crippen molar-refractivity contribution in [1.29, 1.82) is 0 Å². The molecule has 0 aliphatic heterocycles. The van der Waals surface area contributed by atoms with Crippen LogP contribution in [0.2, 0.25) is 10.0 Å². The van der Waals surface area contributed by atoms with Crippen molar-refractivity contribution in [3.8, 4) is 0 Å². The van der Waals surface area contributed by atoms with E-state index in [4.69, 9.17) is 40.2 Å². The van der Waals surface area contributed by atoms with Gasteiger partial charge in [-0.1, -0.05) is 23.2 Å². The van der Waals surface area contributed by atoms with Crippen LogP contribution in [0, 0.1) is 0 Å². The molecule has 2 N–H and O–H groups in total. The van der Waals surface area contributed by atoms with E-state index < -0.39 is 0 Å². The van der Waals surface area contributed by atoms with Crippen LogP contribution in [-0.2, 0) is 16.0 Å². The number of esters is 1. The summed E-state index contributed by atoms with van der Waals surface area (Å²) >= 11 is 18.4. The lowest BCUT2D eigenvalue weighted by Crippen LogP contribution is -2.19. The molecule has 1 aromatic carbocycles. The van der Waals surface area contributed by atoms with Gasteiger partial charge in [0.1, 0.15) is 0 Å². The monoisotopic (exact) mass is 389 g/mol. The third-order valence-corrected chi connectivity index (χ3v) is 4.33. The first kappa shape index (κ1) is 17.9. The minimum atomic E-state index is -0.305. The Labute approximate surface area is 153 Å². The van der Waals surface area contributed by atoms with Crippen molar-refractivity contribution in [2.45, 2.75) is 13.3 Å². The van der Waals surface area contributed by atoms with Crippen molar-refractivity contribution in [3.05, 3.63) is 39.3 Å². The van der Waals surface area contributed by atoms with Gasteiger partial charge in [0.05, 0.1) is 28.8 Å². The summed E-state index contributed by atoms with van der Waals surface area (Å²) in [7, 11) is 0.